The van der Waals surface area contributed by atoms with Crippen molar-refractivity contribution >= 4 is 28.4 Å². The zero-order valence-electron chi connectivity index (χ0n) is 14.1. The number of carbonyl (C=O) groups excluding carboxylic acids is 1. The minimum absolute atomic E-state index is 0.0316. The Labute approximate surface area is 147 Å². The van der Waals surface area contributed by atoms with Crippen LogP contribution in [0.5, 0.6) is 0 Å². The first-order valence-electron chi connectivity index (χ1n) is 7.87. The van der Waals surface area contributed by atoms with Gasteiger partial charge in [0.25, 0.3) is 5.56 Å². The molecule has 25 heavy (non-hydrogen) atoms. The van der Waals surface area contributed by atoms with Gasteiger partial charge in [-0.2, -0.15) is 11.3 Å². The van der Waals surface area contributed by atoms with Crippen LogP contribution in [-0.2, 0) is 32.0 Å². The molecule has 0 atom stereocenters. The quantitative estimate of drug-likeness (QED) is 0.696. The molecule has 0 aliphatic carbocycles. The zero-order chi connectivity index (χ0) is 18.0. The van der Waals surface area contributed by atoms with Crippen LogP contribution < -0.4 is 16.6 Å². The molecule has 3 rings (SSSR count). The summed E-state index contributed by atoms with van der Waals surface area (Å²) in [6.45, 7) is 1.01. The van der Waals surface area contributed by atoms with Crippen molar-refractivity contribution in [1.29, 1.82) is 0 Å². The van der Waals surface area contributed by atoms with Crippen LogP contribution in [0, 0.1) is 0 Å². The summed E-state index contributed by atoms with van der Waals surface area (Å²) in [6.07, 6.45) is 2.47. The lowest BCUT2D eigenvalue weighted by Gasteiger charge is -2.07. The Bertz CT molecular complexity index is 1010. The number of nitrogens with one attached hydrogen (secondary N) is 1. The smallest absolute Gasteiger partial charge is 0.332 e. The topological polar surface area (TPSA) is 90.9 Å². The summed E-state index contributed by atoms with van der Waals surface area (Å²) in [5, 5.41) is 6.84. The van der Waals surface area contributed by atoms with Crippen molar-refractivity contribution in [3.8, 4) is 0 Å². The van der Waals surface area contributed by atoms with Crippen LogP contribution in [0.4, 0.5) is 0 Å². The van der Waals surface area contributed by atoms with E-state index < -0.39 is 5.69 Å². The minimum atomic E-state index is -0.407. The molecule has 9 heteroatoms. The highest BCUT2D eigenvalue weighted by atomic mass is 32.1. The maximum Gasteiger partial charge on any atom is 0.332 e. The van der Waals surface area contributed by atoms with Gasteiger partial charge in [0, 0.05) is 33.6 Å². The number of hydrogen-bond donors (Lipinski definition) is 1. The first-order valence-corrected chi connectivity index (χ1v) is 8.82. The van der Waals surface area contributed by atoms with Gasteiger partial charge in [-0.15, -0.1) is 0 Å². The van der Waals surface area contributed by atoms with Gasteiger partial charge in [-0.05, 0) is 28.8 Å². The first kappa shape index (κ1) is 17.2. The third-order valence-corrected chi connectivity index (χ3v) is 4.82. The fraction of sp³-hybridized carbons (Fsp3) is 0.375. The fourth-order valence-electron chi connectivity index (χ4n) is 2.66. The van der Waals surface area contributed by atoms with Crippen LogP contribution in [0.2, 0.25) is 0 Å². The molecule has 132 valence electrons. The maximum absolute atomic E-state index is 12.3. The van der Waals surface area contributed by atoms with Crippen LogP contribution in [0.25, 0.3) is 11.2 Å². The van der Waals surface area contributed by atoms with Gasteiger partial charge in [-0.25, -0.2) is 9.78 Å². The summed E-state index contributed by atoms with van der Waals surface area (Å²) in [7, 11) is 3.03. The largest absolute Gasteiger partial charge is 0.352 e. The lowest BCUT2D eigenvalue weighted by atomic mass is 10.2. The number of imidazole rings is 1. The number of amides is 1. The summed E-state index contributed by atoms with van der Waals surface area (Å²) in [5.41, 5.74) is 1.04. The third-order valence-electron chi connectivity index (χ3n) is 4.09. The van der Waals surface area contributed by atoms with Crippen molar-refractivity contribution in [1.82, 2.24) is 24.0 Å². The molecule has 0 fully saturated rings. The van der Waals surface area contributed by atoms with Crippen LogP contribution in [0.1, 0.15) is 18.4 Å². The number of carbonyl (C=O) groups is 1. The van der Waals surface area contributed by atoms with Crippen molar-refractivity contribution in [3.63, 3.8) is 0 Å². The zero-order valence-corrected chi connectivity index (χ0v) is 14.9. The van der Waals surface area contributed by atoms with E-state index in [4.69, 9.17) is 0 Å². The highest BCUT2D eigenvalue weighted by Crippen LogP contribution is 2.08. The summed E-state index contributed by atoms with van der Waals surface area (Å²) >= 11 is 1.60. The van der Waals surface area contributed by atoms with Gasteiger partial charge in [0.15, 0.2) is 11.2 Å². The van der Waals surface area contributed by atoms with Crippen LogP contribution in [0.3, 0.4) is 0 Å². The van der Waals surface area contributed by atoms with E-state index in [0.29, 0.717) is 37.1 Å². The SMILES string of the molecule is Cn1c(=O)c2c(ncn2CCCC(=O)NCc2ccsc2)n(C)c1=O. The molecule has 0 saturated heterocycles. The van der Waals surface area contributed by atoms with Crippen molar-refractivity contribution < 1.29 is 4.79 Å². The van der Waals surface area contributed by atoms with Crippen LogP contribution in [-0.4, -0.2) is 24.6 Å². The average molecular weight is 361 g/mol. The van der Waals surface area contributed by atoms with E-state index >= 15 is 0 Å². The molecule has 0 aromatic carbocycles. The Morgan fingerprint density at radius 2 is 2.08 bits per heavy atom. The molecule has 0 radical (unpaired) electrons. The highest BCUT2D eigenvalue weighted by Gasteiger charge is 2.14. The third kappa shape index (κ3) is 3.41. The Morgan fingerprint density at radius 1 is 1.28 bits per heavy atom. The van der Waals surface area contributed by atoms with Gasteiger partial charge in [-0.1, -0.05) is 0 Å². The summed E-state index contributed by atoms with van der Waals surface area (Å²) in [4.78, 5) is 40.3. The number of fused-ring (bicyclic) bond motifs is 1. The molecule has 1 N–H and O–H groups in total. The standard InChI is InChI=1S/C16H19N5O3S/c1-19-14-13(15(23)20(2)16(19)24)21(10-18-14)6-3-4-12(22)17-8-11-5-7-25-9-11/h5,7,9-10H,3-4,6,8H2,1-2H3,(H,17,22). The Balaban J connectivity index is 1.65. The highest BCUT2D eigenvalue weighted by molar-refractivity contribution is 7.07. The maximum atomic E-state index is 12.3. The van der Waals surface area contributed by atoms with E-state index in [2.05, 4.69) is 10.3 Å². The minimum Gasteiger partial charge on any atom is -0.352 e. The van der Waals surface area contributed by atoms with E-state index in [9.17, 15) is 14.4 Å². The molecule has 3 aromatic heterocycles. The number of nitrogens with zero attached hydrogens (tertiary/aromatic N) is 4. The van der Waals surface area contributed by atoms with Crippen molar-refractivity contribution in [2.75, 3.05) is 0 Å². The summed E-state index contributed by atoms with van der Waals surface area (Å²) in [5.74, 6) is -0.0316. The fourth-order valence-corrected chi connectivity index (χ4v) is 3.33. The second kappa shape index (κ2) is 7.06. The van der Waals surface area contributed by atoms with E-state index in [0.717, 1.165) is 10.1 Å². The molecule has 3 heterocycles. The predicted molar refractivity (Wildman–Crippen MR) is 95.6 cm³/mol. The predicted octanol–water partition coefficient (Wildman–Crippen LogP) is 0.592. The van der Waals surface area contributed by atoms with Gasteiger partial charge >= 0.3 is 5.69 Å². The Hall–Kier alpha value is -2.68. The molecule has 0 aliphatic rings. The Kier molecular flexibility index (Phi) is 4.84. The Morgan fingerprint density at radius 3 is 2.80 bits per heavy atom. The molecule has 0 unspecified atom stereocenters. The number of aromatic nitrogens is 4. The summed E-state index contributed by atoms with van der Waals surface area (Å²) in [6, 6.07) is 1.97. The lowest BCUT2D eigenvalue weighted by Crippen LogP contribution is -2.37. The van der Waals surface area contributed by atoms with Gasteiger partial charge in [0.1, 0.15) is 0 Å². The second-order valence-corrected chi connectivity index (χ2v) is 6.61. The number of aryl methyl sites for hydroxylation is 2. The number of thiophene rings is 1. The number of rotatable bonds is 6. The number of hydrogen-bond acceptors (Lipinski definition) is 5. The van der Waals surface area contributed by atoms with Gasteiger partial charge in [-0.3, -0.25) is 18.7 Å². The van der Waals surface area contributed by atoms with E-state index in [1.165, 1.54) is 17.9 Å². The normalized spacial score (nSPS) is 11.1. The molecule has 0 saturated carbocycles. The second-order valence-electron chi connectivity index (χ2n) is 5.83. The molecule has 0 spiro atoms. The lowest BCUT2D eigenvalue weighted by molar-refractivity contribution is -0.121. The van der Waals surface area contributed by atoms with Gasteiger partial charge in [0.2, 0.25) is 5.91 Å². The molecule has 0 aliphatic heterocycles. The molecule has 1 amide bonds. The summed E-state index contributed by atoms with van der Waals surface area (Å²) < 4.78 is 4.11. The van der Waals surface area contributed by atoms with Crippen molar-refractivity contribution in [3.05, 3.63) is 49.6 Å². The molecular weight excluding hydrogens is 342 g/mol. The first-order chi connectivity index (χ1) is 12.0. The van der Waals surface area contributed by atoms with Crippen LogP contribution >= 0.6 is 11.3 Å². The van der Waals surface area contributed by atoms with Crippen molar-refractivity contribution in [2.45, 2.75) is 25.9 Å². The van der Waals surface area contributed by atoms with E-state index in [1.807, 2.05) is 16.8 Å². The average Bonchev–Trinajstić information content (AvgIpc) is 3.26. The monoisotopic (exact) mass is 361 g/mol. The molecule has 8 nitrogen and oxygen atoms in total. The molecular formula is C16H19N5O3S. The molecule has 0 bridgehead atoms. The van der Waals surface area contributed by atoms with Gasteiger partial charge in [0.05, 0.1) is 6.33 Å². The van der Waals surface area contributed by atoms with Crippen LogP contribution in [0.15, 0.2) is 32.7 Å². The van der Waals surface area contributed by atoms with E-state index in [1.54, 1.807) is 23.0 Å². The van der Waals surface area contributed by atoms with Crippen molar-refractivity contribution in [2.24, 2.45) is 14.1 Å². The van der Waals surface area contributed by atoms with Gasteiger partial charge < -0.3 is 9.88 Å². The van der Waals surface area contributed by atoms with E-state index in [-0.39, 0.29) is 11.5 Å². The molecule has 3 aromatic rings.